The standard InChI is InChI=1S/C42H42N4OS2/c1-9-48-41-40(39-29(7)27(5)26(4)28(6)30(39)8)42(49-10-2)46(44-41)31-14-13-15-32(23-31)47-33-18-19-35-34-16-11-12-17-36(34)45(37(35)24-33)38-22-25(3)20-21-43-38/h11-24H,9-10H2,1-8H3. The molecular weight excluding hydrogens is 641 g/mol. The molecule has 0 atom stereocenters. The Balaban J connectivity index is 1.34. The van der Waals surface area contributed by atoms with Crippen molar-refractivity contribution in [3.8, 4) is 34.1 Å². The molecule has 248 valence electrons. The van der Waals surface area contributed by atoms with Gasteiger partial charge in [-0.1, -0.05) is 38.1 Å². The molecule has 5 nitrogen and oxygen atoms in total. The smallest absolute Gasteiger partial charge is 0.137 e. The van der Waals surface area contributed by atoms with Crippen LogP contribution in [0.4, 0.5) is 0 Å². The van der Waals surface area contributed by atoms with Gasteiger partial charge in [-0.2, -0.15) is 5.10 Å². The molecule has 4 aromatic carbocycles. The molecular formula is C42H42N4OS2. The minimum Gasteiger partial charge on any atom is -0.457 e. The number of nitrogens with zero attached hydrogens (tertiary/aromatic N) is 4. The summed E-state index contributed by atoms with van der Waals surface area (Å²) in [5, 5.41) is 9.88. The molecule has 0 saturated heterocycles. The van der Waals surface area contributed by atoms with Crippen LogP contribution in [0.15, 0.2) is 95.1 Å². The minimum absolute atomic E-state index is 0.761. The summed E-state index contributed by atoms with van der Waals surface area (Å²) in [6, 6.07) is 27.3. The van der Waals surface area contributed by atoms with E-state index in [1.807, 2.05) is 41.9 Å². The quantitative estimate of drug-likeness (QED) is 0.142. The summed E-state index contributed by atoms with van der Waals surface area (Å²) >= 11 is 3.66. The molecule has 0 aliphatic rings. The first-order valence-electron chi connectivity index (χ1n) is 16.9. The van der Waals surface area contributed by atoms with E-state index in [0.29, 0.717) is 0 Å². The topological polar surface area (TPSA) is 44.9 Å². The van der Waals surface area contributed by atoms with Crippen LogP contribution in [0.5, 0.6) is 11.5 Å². The van der Waals surface area contributed by atoms with E-state index in [2.05, 4.69) is 131 Å². The predicted molar refractivity (Wildman–Crippen MR) is 209 cm³/mol. The maximum Gasteiger partial charge on any atom is 0.137 e. The van der Waals surface area contributed by atoms with Crippen LogP contribution in [0.3, 0.4) is 0 Å². The highest BCUT2D eigenvalue weighted by molar-refractivity contribution is 8.00. The SMILES string of the molecule is CCSc1nn(-c2cccc(Oc3ccc4c5ccccc5n(-c5cc(C)ccn5)c4c3)c2)c(SCC)c1-c1c(C)c(C)c(C)c(C)c1C. The van der Waals surface area contributed by atoms with Crippen molar-refractivity contribution in [3.63, 3.8) is 0 Å². The second-order valence-corrected chi connectivity index (χ2v) is 15.1. The third-order valence-electron chi connectivity index (χ3n) is 9.70. The third kappa shape index (κ3) is 5.83. The van der Waals surface area contributed by atoms with Gasteiger partial charge in [0, 0.05) is 34.7 Å². The molecule has 0 aliphatic heterocycles. The fraction of sp³-hybridized carbons (Fsp3) is 0.238. The number of hydrogen-bond acceptors (Lipinski definition) is 5. The Bertz CT molecular complexity index is 2340. The van der Waals surface area contributed by atoms with Crippen LogP contribution in [0.2, 0.25) is 0 Å². The largest absolute Gasteiger partial charge is 0.457 e. The second-order valence-electron chi connectivity index (χ2n) is 12.6. The summed E-state index contributed by atoms with van der Waals surface area (Å²) in [4.78, 5) is 4.74. The van der Waals surface area contributed by atoms with Gasteiger partial charge in [-0.05, 0) is 134 Å². The van der Waals surface area contributed by atoms with Crippen molar-refractivity contribution in [2.75, 3.05) is 11.5 Å². The summed E-state index contributed by atoms with van der Waals surface area (Å²) in [6.45, 7) is 17.8. The number of fused-ring (bicyclic) bond motifs is 3. The first-order chi connectivity index (χ1) is 23.7. The fourth-order valence-electron chi connectivity index (χ4n) is 6.87. The zero-order valence-corrected chi connectivity index (χ0v) is 31.1. The fourth-order valence-corrected chi connectivity index (χ4v) is 8.58. The van der Waals surface area contributed by atoms with Gasteiger partial charge >= 0.3 is 0 Å². The lowest BCUT2D eigenvalue weighted by atomic mass is 9.87. The molecule has 0 amide bonds. The number of ether oxygens (including phenoxy) is 1. The number of benzene rings is 4. The van der Waals surface area contributed by atoms with E-state index < -0.39 is 0 Å². The van der Waals surface area contributed by atoms with Gasteiger partial charge in [0.05, 0.1) is 16.7 Å². The number of rotatable bonds is 9. The van der Waals surface area contributed by atoms with E-state index in [0.717, 1.165) is 50.6 Å². The lowest BCUT2D eigenvalue weighted by Crippen LogP contribution is -2.02. The van der Waals surface area contributed by atoms with Crippen LogP contribution >= 0.6 is 23.5 Å². The molecule has 7 rings (SSSR count). The summed E-state index contributed by atoms with van der Waals surface area (Å²) in [5.74, 6) is 4.31. The Morgan fingerprint density at radius 3 is 2.06 bits per heavy atom. The molecule has 3 heterocycles. The number of thioether (sulfide) groups is 2. The van der Waals surface area contributed by atoms with E-state index >= 15 is 0 Å². The molecule has 0 bridgehead atoms. The van der Waals surface area contributed by atoms with Crippen molar-refractivity contribution in [1.29, 1.82) is 0 Å². The summed E-state index contributed by atoms with van der Waals surface area (Å²) in [5.41, 5.74) is 13.6. The Kier molecular flexibility index (Phi) is 9.07. The number of para-hydroxylation sites is 1. The van der Waals surface area contributed by atoms with Gasteiger partial charge in [-0.25, -0.2) is 9.67 Å². The molecule has 0 N–H and O–H groups in total. The van der Waals surface area contributed by atoms with Gasteiger partial charge in [-0.15, -0.1) is 23.5 Å². The van der Waals surface area contributed by atoms with Crippen molar-refractivity contribution in [2.45, 2.75) is 65.4 Å². The lowest BCUT2D eigenvalue weighted by molar-refractivity contribution is 0.482. The number of aryl methyl sites for hydroxylation is 1. The molecule has 49 heavy (non-hydrogen) atoms. The molecule has 0 unspecified atom stereocenters. The van der Waals surface area contributed by atoms with E-state index in [-0.39, 0.29) is 0 Å². The molecule has 7 heteroatoms. The van der Waals surface area contributed by atoms with E-state index in [9.17, 15) is 0 Å². The zero-order chi connectivity index (χ0) is 34.4. The highest BCUT2D eigenvalue weighted by Crippen LogP contribution is 2.45. The van der Waals surface area contributed by atoms with Crippen molar-refractivity contribution in [3.05, 3.63) is 118 Å². The summed E-state index contributed by atoms with van der Waals surface area (Å²) in [6.07, 6.45) is 1.87. The van der Waals surface area contributed by atoms with Crippen molar-refractivity contribution < 1.29 is 4.74 Å². The monoisotopic (exact) mass is 682 g/mol. The number of pyridine rings is 1. The van der Waals surface area contributed by atoms with Crippen LogP contribution in [0.25, 0.3) is 44.4 Å². The van der Waals surface area contributed by atoms with Gasteiger partial charge < -0.3 is 4.74 Å². The summed E-state index contributed by atoms with van der Waals surface area (Å²) in [7, 11) is 0. The molecule has 0 radical (unpaired) electrons. The van der Waals surface area contributed by atoms with Crippen LogP contribution in [0, 0.1) is 41.5 Å². The van der Waals surface area contributed by atoms with Crippen molar-refractivity contribution >= 4 is 45.3 Å². The molecule has 3 aromatic heterocycles. The Morgan fingerprint density at radius 2 is 1.33 bits per heavy atom. The summed E-state index contributed by atoms with van der Waals surface area (Å²) < 4.78 is 11.0. The molecule has 0 aliphatic carbocycles. The Labute approximate surface area is 297 Å². The maximum absolute atomic E-state index is 6.62. The van der Waals surface area contributed by atoms with E-state index in [4.69, 9.17) is 14.8 Å². The van der Waals surface area contributed by atoms with E-state index in [1.54, 1.807) is 0 Å². The van der Waals surface area contributed by atoms with Gasteiger partial charge in [-0.3, -0.25) is 4.57 Å². The highest BCUT2D eigenvalue weighted by Gasteiger charge is 2.26. The van der Waals surface area contributed by atoms with Gasteiger partial charge in [0.2, 0.25) is 0 Å². The highest BCUT2D eigenvalue weighted by atomic mass is 32.2. The first kappa shape index (κ1) is 33.1. The molecule has 0 spiro atoms. The zero-order valence-electron chi connectivity index (χ0n) is 29.5. The average molecular weight is 683 g/mol. The van der Waals surface area contributed by atoms with Gasteiger partial charge in [0.1, 0.15) is 27.4 Å². The predicted octanol–water partition coefficient (Wildman–Crippen LogP) is 11.9. The van der Waals surface area contributed by atoms with Crippen LogP contribution in [-0.2, 0) is 0 Å². The Morgan fingerprint density at radius 1 is 0.633 bits per heavy atom. The third-order valence-corrected chi connectivity index (χ3v) is 11.5. The van der Waals surface area contributed by atoms with Crippen LogP contribution in [-0.4, -0.2) is 30.8 Å². The maximum atomic E-state index is 6.62. The van der Waals surface area contributed by atoms with Crippen molar-refractivity contribution in [1.82, 2.24) is 19.3 Å². The lowest BCUT2D eigenvalue weighted by Gasteiger charge is -2.20. The number of aromatic nitrogens is 4. The average Bonchev–Trinajstić information content (AvgIpc) is 3.62. The normalized spacial score (nSPS) is 11.6. The molecule has 0 fully saturated rings. The van der Waals surface area contributed by atoms with Gasteiger partial charge in [0.15, 0.2) is 0 Å². The van der Waals surface area contributed by atoms with Gasteiger partial charge in [0.25, 0.3) is 0 Å². The molecule has 7 aromatic rings. The first-order valence-corrected chi connectivity index (χ1v) is 18.9. The van der Waals surface area contributed by atoms with Crippen LogP contribution in [0.1, 0.15) is 47.2 Å². The number of hydrogen-bond donors (Lipinski definition) is 0. The Hall–Kier alpha value is -4.46. The van der Waals surface area contributed by atoms with E-state index in [1.165, 1.54) is 60.3 Å². The van der Waals surface area contributed by atoms with Crippen molar-refractivity contribution in [2.24, 2.45) is 0 Å². The molecule has 0 saturated carbocycles. The van der Waals surface area contributed by atoms with Crippen LogP contribution < -0.4 is 4.74 Å². The minimum atomic E-state index is 0.761. The second kappa shape index (κ2) is 13.4.